The van der Waals surface area contributed by atoms with E-state index in [4.69, 9.17) is 4.42 Å². The second kappa shape index (κ2) is 3.58. The summed E-state index contributed by atoms with van der Waals surface area (Å²) in [4.78, 5) is 0. The monoisotopic (exact) mass is 200 g/mol. The van der Waals surface area contributed by atoms with E-state index in [1.165, 1.54) is 16.7 Å². The van der Waals surface area contributed by atoms with Crippen molar-refractivity contribution in [2.24, 2.45) is 0 Å². The zero-order valence-electron chi connectivity index (χ0n) is 9.72. The Morgan fingerprint density at radius 1 is 0.800 bits per heavy atom. The molecule has 2 rings (SSSR count). The maximum Gasteiger partial charge on any atom is 0.134 e. The Morgan fingerprint density at radius 3 is 2.07 bits per heavy atom. The molecule has 0 aliphatic carbocycles. The second-order valence-electron chi connectivity index (χ2n) is 4.15. The lowest BCUT2D eigenvalue weighted by Crippen LogP contribution is -1.81. The first-order chi connectivity index (χ1) is 7.08. The minimum Gasteiger partial charge on any atom is -0.461 e. The van der Waals surface area contributed by atoms with Crippen LogP contribution in [0.3, 0.4) is 0 Å². The lowest BCUT2D eigenvalue weighted by molar-refractivity contribution is 0.545. The fourth-order valence-corrected chi connectivity index (χ4v) is 1.61. The first-order valence-electron chi connectivity index (χ1n) is 5.22. The number of furan rings is 1. The van der Waals surface area contributed by atoms with Crippen molar-refractivity contribution >= 4 is 0 Å². The fourth-order valence-electron chi connectivity index (χ4n) is 1.61. The summed E-state index contributed by atoms with van der Waals surface area (Å²) in [6.07, 6.45) is 0. The van der Waals surface area contributed by atoms with Crippen molar-refractivity contribution in [1.82, 2.24) is 0 Å². The largest absolute Gasteiger partial charge is 0.461 e. The van der Waals surface area contributed by atoms with Gasteiger partial charge in [-0.25, -0.2) is 0 Å². The van der Waals surface area contributed by atoms with Crippen molar-refractivity contribution in [3.63, 3.8) is 0 Å². The van der Waals surface area contributed by atoms with Crippen LogP contribution in [0.4, 0.5) is 0 Å². The molecule has 0 saturated heterocycles. The number of hydrogen-bond acceptors (Lipinski definition) is 1. The lowest BCUT2D eigenvalue weighted by Gasteiger charge is -2.02. The Morgan fingerprint density at radius 2 is 1.53 bits per heavy atom. The predicted octanol–water partition coefficient (Wildman–Crippen LogP) is 4.18. The van der Waals surface area contributed by atoms with Crippen LogP contribution in [0.15, 0.2) is 28.7 Å². The number of aryl methyl sites for hydroxylation is 4. The average Bonchev–Trinajstić information content (AvgIpc) is 2.52. The van der Waals surface area contributed by atoms with Crippen LogP contribution in [0.2, 0.25) is 0 Å². The van der Waals surface area contributed by atoms with Crippen molar-refractivity contribution in [3.8, 4) is 11.3 Å². The second-order valence-corrected chi connectivity index (χ2v) is 4.15. The summed E-state index contributed by atoms with van der Waals surface area (Å²) in [5, 5.41) is 0. The third-order valence-corrected chi connectivity index (χ3v) is 2.96. The molecule has 0 unspecified atom stereocenters. The molecule has 1 heterocycles. The summed E-state index contributed by atoms with van der Waals surface area (Å²) >= 11 is 0. The van der Waals surface area contributed by atoms with Crippen molar-refractivity contribution in [3.05, 3.63) is 46.7 Å². The van der Waals surface area contributed by atoms with Gasteiger partial charge in [0.05, 0.1) is 0 Å². The Balaban J connectivity index is 2.49. The van der Waals surface area contributed by atoms with Crippen molar-refractivity contribution in [2.75, 3.05) is 0 Å². The molecule has 0 amide bonds. The molecule has 0 spiro atoms. The molecule has 1 nitrogen and oxygen atoms in total. The van der Waals surface area contributed by atoms with Gasteiger partial charge in [0.15, 0.2) is 0 Å². The summed E-state index contributed by atoms with van der Waals surface area (Å²) in [5.41, 5.74) is 5.00. The number of benzene rings is 1. The molecular formula is C14H16O. The Bertz CT molecular complexity index is 473. The zero-order valence-corrected chi connectivity index (χ0v) is 9.72. The van der Waals surface area contributed by atoms with Gasteiger partial charge < -0.3 is 4.42 Å². The molecule has 1 heteroatoms. The zero-order chi connectivity index (χ0) is 11.0. The van der Waals surface area contributed by atoms with Gasteiger partial charge in [0.2, 0.25) is 0 Å². The van der Waals surface area contributed by atoms with E-state index in [1.807, 2.05) is 6.92 Å². The Hall–Kier alpha value is -1.50. The SMILES string of the molecule is Cc1ccc(-c2cc(C)c(C)o2)cc1C. The smallest absolute Gasteiger partial charge is 0.134 e. The third kappa shape index (κ3) is 1.82. The predicted molar refractivity (Wildman–Crippen MR) is 63.1 cm³/mol. The maximum absolute atomic E-state index is 5.70. The first kappa shape index (κ1) is 10.0. The minimum atomic E-state index is 0.966. The van der Waals surface area contributed by atoms with Crippen molar-refractivity contribution in [1.29, 1.82) is 0 Å². The van der Waals surface area contributed by atoms with E-state index in [-0.39, 0.29) is 0 Å². The highest BCUT2D eigenvalue weighted by atomic mass is 16.3. The van der Waals surface area contributed by atoms with E-state index in [1.54, 1.807) is 0 Å². The van der Waals surface area contributed by atoms with Gasteiger partial charge in [0, 0.05) is 5.56 Å². The van der Waals surface area contributed by atoms with Gasteiger partial charge in [0.25, 0.3) is 0 Å². The average molecular weight is 200 g/mol. The van der Waals surface area contributed by atoms with E-state index < -0.39 is 0 Å². The van der Waals surface area contributed by atoms with E-state index in [9.17, 15) is 0 Å². The lowest BCUT2D eigenvalue weighted by atomic mass is 10.0. The molecule has 0 atom stereocenters. The normalized spacial score (nSPS) is 10.7. The molecule has 0 radical (unpaired) electrons. The molecule has 0 aliphatic heterocycles. The highest BCUT2D eigenvalue weighted by molar-refractivity contribution is 5.60. The third-order valence-electron chi connectivity index (χ3n) is 2.96. The molecule has 0 aliphatic rings. The Kier molecular flexibility index (Phi) is 2.39. The molecule has 15 heavy (non-hydrogen) atoms. The van der Waals surface area contributed by atoms with Crippen LogP contribution in [-0.2, 0) is 0 Å². The summed E-state index contributed by atoms with van der Waals surface area (Å²) in [6.45, 7) is 8.32. The van der Waals surface area contributed by atoms with Gasteiger partial charge in [-0.05, 0) is 56.5 Å². The summed E-state index contributed by atoms with van der Waals surface area (Å²) in [5.74, 6) is 1.97. The highest BCUT2D eigenvalue weighted by Gasteiger charge is 2.06. The minimum absolute atomic E-state index is 0.966. The van der Waals surface area contributed by atoms with Gasteiger partial charge in [0.1, 0.15) is 11.5 Å². The topological polar surface area (TPSA) is 13.1 Å². The molecule has 78 valence electrons. The van der Waals surface area contributed by atoms with E-state index >= 15 is 0 Å². The van der Waals surface area contributed by atoms with E-state index in [0.29, 0.717) is 0 Å². The van der Waals surface area contributed by atoms with Crippen LogP contribution in [0, 0.1) is 27.7 Å². The summed E-state index contributed by atoms with van der Waals surface area (Å²) in [7, 11) is 0. The van der Waals surface area contributed by atoms with Crippen LogP contribution in [0.5, 0.6) is 0 Å². The Labute approximate surface area is 90.7 Å². The van der Waals surface area contributed by atoms with Gasteiger partial charge >= 0.3 is 0 Å². The molecule has 1 aromatic carbocycles. The summed E-state index contributed by atoms with van der Waals surface area (Å²) < 4.78 is 5.70. The number of rotatable bonds is 1. The van der Waals surface area contributed by atoms with Gasteiger partial charge in [-0.1, -0.05) is 12.1 Å². The number of hydrogen-bond donors (Lipinski definition) is 0. The van der Waals surface area contributed by atoms with Gasteiger partial charge in [-0.2, -0.15) is 0 Å². The van der Waals surface area contributed by atoms with Crippen molar-refractivity contribution in [2.45, 2.75) is 27.7 Å². The van der Waals surface area contributed by atoms with Crippen LogP contribution >= 0.6 is 0 Å². The molecule has 0 bridgehead atoms. The molecule has 0 saturated carbocycles. The fraction of sp³-hybridized carbons (Fsp3) is 0.286. The summed E-state index contributed by atoms with van der Waals surface area (Å²) in [6, 6.07) is 8.52. The van der Waals surface area contributed by atoms with Gasteiger partial charge in [-0.3, -0.25) is 0 Å². The van der Waals surface area contributed by atoms with Crippen LogP contribution in [0.25, 0.3) is 11.3 Å². The molecule has 1 aromatic heterocycles. The van der Waals surface area contributed by atoms with Crippen molar-refractivity contribution < 1.29 is 4.42 Å². The van der Waals surface area contributed by atoms with Gasteiger partial charge in [-0.15, -0.1) is 0 Å². The van der Waals surface area contributed by atoms with E-state index in [2.05, 4.69) is 45.0 Å². The molecule has 0 N–H and O–H groups in total. The maximum atomic E-state index is 5.70. The quantitative estimate of drug-likeness (QED) is 0.673. The van der Waals surface area contributed by atoms with Crippen LogP contribution in [-0.4, -0.2) is 0 Å². The highest BCUT2D eigenvalue weighted by Crippen LogP contribution is 2.26. The molecular weight excluding hydrogens is 184 g/mol. The molecule has 2 aromatic rings. The first-order valence-corrected chi connectivity index (χ1v) is 5.22. The van der Waals surface area contributed by atoms with Crippen LogP contribution < -0.4 is 0 Å². The van der Waals surface area contributed by atoms with E-state index in [0.717, 1.165) is 17.1 Å². The van der Waals surface area contributed by atoms with Crippen LogP contribution in [0.1, 0.15) is 22.5 Å². The molecule has 0 fully saturated rings. The standard InChI is InChI=1S/C14H16O/c1-9-5-6-13(7-10(9)2)14-8-11(3)12(4)15-14/h5-8H,1-4H3.